The fraction of sp³-hybridized carbons (Fsp3) is 0.231. The van der Waals surface area contributed by atoms with E-state index >= 15 is 0 Å². The summed E-state index contributed by atoms with van der Waals surface area (Å²) in [6, 6.07) is 19.6. The maximum absolute atomic E-state index is 13.2. The Hall–Kier alpha value is -3.52. The number of nitrogens with zero attached hydrogens (tertiary/aromatic N) is 3. The molecule has 0 aliphatic carbocycles. The minimum atomic E-state index is -4.48. The molecule has 1 aromatic heterocycles. The molecule has 5 rings (SSSR count). The van der Waals surface area contributed by atoms with E-state index in [1.165, 1.54) is 17.0 Å². The summed E-state index contributed by atoms with van der Waals surface area (Å²) in [5.41, 5.74) is 1.16. The van der Waals surface area contributed by atoms with E-state index in [0.717, 1.165) is 23.2 Å². The van der Waals surface area contributed by atoms with Crippen molar-refractivity contribution in [1.82, 2.24) is 9.55 Å². The number of ether oxygens (including phenoxy) is 1. The van der Waals surface area contributed by atoms with Crippen LogP contribution in [0, 0.1) is 0 Å². The minimum absolute atomic E-state index is 0.164. The monoisotopic (exact) mass is 499 g/mol. The molecule has 0 radical (unpaired) electrons. The molecule has 4 aromatic rings. The van der Waals surface area contributed by atoms with Gasteiger partial charge in [-0.15, -0.1) is 0 Å². The molecule has 1 fully saturated rings. The number of carbonyl (C=O) groups excluding carboxylic acids is 1. The quantitative estimate of drug-likeness (QED) is 0.312. The molecule has 3 aromatic carbocycles. The lowest BCUT2D eigenvalue weighted by Crippen LogP contribution is -2.25. The van der Waals surface area contributed by atoms with Crippen LogP contribution in [0.25, 0.3) is 11.0 Å². The van der Waals surface area contributed by atoms with Gasteiger partial charge < -0.3 is 14.2 Å². The van der Waals surface area contributed by atoms with Gasteiger partial charge in [-0.1, -0.05) is 29.8 Å². The van der Waals surface area contributed by atoms with E-state index in [0.29, 0.717) is 29.7 Å². The summed E-state index contributed by atoms with van der Waals surface area (Å²) in [4.78, 5) is 19.0. The molecule has 35 heavy (non-hydrogen) atoms. The van der Waals surface area contributed by atoms with Gasteiger partial charge in [0.05, 0.1) is 23.1 Å². The maximum Gasteiger partial charge on any atom is 0.416 e. The van der Waals surface area contributed by atoms with Crippen LogP contribution in [0.2, 0.25) is 5.02 Å². The highest BCUT2D eigenvalue weighted by molar-refractivity contribution is 6.30. The molecule has 1 aliphatic heterocycles. The van der Waals surface area contributed by atoms with Crippen LogP contribution in [-0.4, -0.2) is 28.6 Å². The van der Waals surface area contributed by atoms with Crippen molar-refractivity contribution in [3.63, 3.8) is 0 Å². The average molecular weight is 500 g/mol. The normalized spacial score (nSPS) is 16.3. The Kier molecular flexibility index (Phi) is 6.15. The molecule has 1 amide bonds. The molecular formula is C26H21ClF3N3O2. The highest BCUT2D eigenvalue weighted by Gasteiger charge is 2.36. The molecule has 0 N–H and O–H groups in total. The zero-order valence-electron chi connectivity index (χ0n) is 18.5. The fourth-order valence-electron chi connectivity index (χ4n) is 4.41. The van der Waals surface area contributed by atoms with Crippen molar-refractivity contribution in [3.8, 4) is 5.75 Å². The summed E-state index contributed by atoms with van der Waals surface area (Å²) >= 11 is 5.93. The van der Waals surface area contributed by atoms with E-state index in [9.17, 15) is 18.0 Å². The number of amides is 1. The number of rotatable bonds is 6. The molecule has 0 bridgehead atoms. The molecule has 1 atom stereocenters. The number of para-hydroxylation sites is 2. The number of hydrogen-bond donors (Lipinski definition) is 0. The fourth-order valence-corrected chi connectivity index (χ4v) is 4.53. The number of anilines is 1. The Balaban J connectivity index is 1.39. The first kappa shape index (κ1) is 23.2. The molecule has 1 aliphatic rings. The van der Waals surface area contributed by atoms with Gasteiger partial charge >= 0.3 is 6.18 Å². The molecular weight excluding hydrogens is 479 g/mol. The number of benzene rings is 3. The first-order chi connectivity index (χ1) is 16.8. The van der Waals surface area contributed by atoms with Gasteiger partial charge in [0.25, 0.3) is 0 Å². The summed E-state index contributed by atoms with van der Waals surface area (Å²) in [6.45, 7) is 1.11. The Morgan fingerprint density at radius 3 is 2.57 bits per heavy atom. The number of fused-ring (bicyclic) bond motifs is 1. The zero-order chi connectivity index (χ0) is 24.6. The second-order valence-corrected chi connectivity index (χ2v) is 8.80. The van der Waals surface area contributed by atoms with E-state index in [1.807, 2.05) is 28.8 Å². The van der Waals surface area contributed by atoms with Crippen LogP contribution in [0.3, 0.4) is 0 Å². The number of imidazole rings is 1. The first-order valence-corrected chi connectivity index (χ1v) is 11.5. The van der Waals surface area contributed by atoms with Gasteiger partial charge in [0, 0.05) is 29.6 Å². The minimum Gasteiger partial charge on any atom is -0.492 e. The van der Waals surface area contributed by atoms with Gasteiger partial charge in [-0.3, -0.25) is 4.79 Å². The van der Waals surface area contributed by atoms with E-state index in [-0.39, 0.29) is 30.5 Å². The van der Waals surface area contributed by atoms with Crippen LogP contribution in [-0.2, 0) is 17.5 Å². The summed E-state index contributed by atoms with van der Waals surface area (Å²) in [5, 5.41) is 0.622. The lowest BCUT2D eigenvalue weighted by molar-refractivity contribution is -0.137. The van der Waals surface area contributed by atoms with Gasteiger partial charge in [0.1, 0.15) is 18.2 Å². The number of aromatic nitrogens is 2. The smallest absolute Gasteiger partial charge is 0.416 e. The van der Waals surface area contributed by atoms with Crippen molar-refractivity contribution in [2.24, 2.45) is 0 Å². The SMILES string of the molecule is O=C1C[C@H](c2nc3ccccc3n2CCOc2ccc(Cl)cc2)CN1c1cccc(C(F)(F)F)c1. The van der Waals surface area contributed by atoms with Crippen molar-refractivity contribution in [2.45, 2.75) is 25.1 Å². The van der Waals surface area contributed by atoms with Crippen molar-refractivity contribution in [3.05, 3.63) is 89.2 Å². The van der Waals surface area contributed by atoms with Gasteiger partial charge in [-0.25, -0.2) is 4.98 Å². The molecule has 0 saturated carbocycles. The Morgan fingerprint density at radius 2 is 1.80 bits per heavy atom. The Morgan fingerprint density at radius 1 is 1.03 bits per heavy atom. The van der Waals surface area contributed by atoms with Crippen LogP contribution in [0.1, 0.15) is 23.7 Å². The van der Waals surface area contributed by atoms with Crippen LogP contribution in [0.15, 0.2) is 72.8 Å². The predicted octanol–water partition coefficient (Wildman–Crippen LogP) is 6.31. The number of carbonyl (C=O) groups is 1. The van der Waals surface area contributed by atoms with Crippen molar-refractivity contribution in [2.75, 3.05) is 18.1 Å². The third kappa shape index (κ3) is 4.84. The van der Waals surface area contributed by atoms with Crippen molar-refractivity contribution >= 4 is 34.2 Å². The average Bonchev–Trinajstić information content (AvgIpc) is 3.40. The molecule has 2 heterocycles. The molecule has 0 spiro atoms. The van der Waals surface area contributed by atoms with E-state index < -0.39 is 11.7 Å². The Labute approximate surface area is 204 Å². The van der Waals surface area contributed by atoms with Crippen LogP contribution < -0.4 is 9.64 Å². The van der Waals surface area contributed by atoms with Crippen LogP contribution in [0.4, 0.5) is 18.9 Å². The van der Waals surface area contributed by atoms with Gasteiger partial charge in [0.2, 0.25) is 5.91 Å². The molecule has 5 nitrogen and oxygen atoms in total. The van der Waals surface area contributed by atoms with E-state index in [4.69, 9.17) is 21.3 Å². The summed E-state index contributed by atoms with van der Waals surface area (Å²) in [7, 11) is 0. The van der Waals surface area contributed by atoms with Crippen LogP contribution in [0.5, 0.6) is 5.75 Å². The first-order valence-electron chi connectivity index (χ1n) is 11.1. The van der Waals surface area contributed by atoms with E-state index in [2.05, 4.69) is 0 Å². The molecule has 1 saturated heterocycles. The highest BCUT2D eigenvalue weighted by atomic mass is 35.5. The molecule has 180 valence electrons. The number of hydrogen-bond acceptors (Lipinski definition) is 3. The standard InChI is InChI=1S/C26H21ClF3N3O2/c27-19-8-10-21(11-9-19)35-13-12-32-23-7-2-1-6-22(23)31-25(32)17-14-24(34)33(16-17)20-5-3-4-18(15-20)26(28,29)30/h1-11,15,17H,12-14,16H2/t17-/m0/s1. The Bertz CT molecular complexity index is 1370. The van der Waals surface area contributed by atoms with Gasteiger partial charge in [-0.2, -0.15) is 13.2 Å². The largest absolute Gasteiger partial charge is 0.492 e. The van der Waals surface area contributed by atoms with Crippen LogP contribution >= 0.6 is 11.6 Å². The predicted molar refractivity (Wildman–Crippen MR) is 128 cm³/mol. The summed E-state index contributed by atoms with van der Waals surface area (Å²) < 4.78 is 47.5. The second kappa shape index (κ2) is 9.26. The van der Waals surface area contributed by atoms with Gasteiger partial charge in [0.15, 0.2) is 0 Å². The van der Waals surface area contributed by atoms with Gasteiger partial charge in [-0.05, 0) is 54.6 Å². The topological polar surface area (TPSA) is 47.4 Å². The third-order valence-corrected chi connectivity index (χ3v) is 6.31. The molecule has 9 heteroatoms. The summed E-state index contributed by atoms with van der Waals surface area (Å²) in [6.07, 6.45) is -4.31. The zero-order valence-corrected chi connectivity index (χ0v) is 19.3. The summed E-state index contributed by atoms with van der Waals surface area (Å²) in [5.74, 6) is 0.909. The maximum atomic E-state index is 13.2. The molecule has 0 unspecified atom stereocenters. The van der Waals surface area contributed by atoms with E-state index in [1.54, 1.807) is 24.3 Å². The number of halogens is 4. The lowest BCUT2D eigenvalue weighted by atomic mass is 10.1. The van der Waals surface area contributed by atoms with Crippen molar-refractivity contribution in [1.29, 1.82) is 0 Å². The number of alkyl halides is 3. The lowest BCUT2D eigenvalue weighted by Gasteiger charge is -2.19. The van der Waals surface area contributed by atoms with Crippen molar-refractivity contribution < 1.29 is 22.7 Å². The highest BCUT2D eigenvalue weighted by Crippen LogP contribution is 2.36. The third-order valence-electron chi connectivity index (χ3n) is 6.06. The second-order valence-electron chi connectivity index (χ2n) is 8.37.